The Kier molecular flexibility index (Phi) is 4.74. The summed E-state index contributed by atoms with van der Waals surface area (Å²) in [5.41, 5.74) is -0.794. The van der Waals surface area contributed by atoms with Gasteiger partial charge < -0.3 is 10.0 Å². The van der Waals surface area contributed by atoms with Crippen molar-refractivity contribution in [2.75, 3.05) is 13.1 Å². The van der Waals surface area contributed by atoms with E-state index in [1.165, 1.54) is 17.0 Å². The van der Waals surface area contributed by atoms with E-state index >= 15 is 0 Å². The number of likely N-dealkylation sites (tertiary alicyclic amines) is 1. The fraction of sp³-hybridized carbons (Fsp3) is 0.500. The van der Waals surface area contributed by atoms with E-state index in [0.717, 1.165) is 6.42 Å². The van der Waals surface area contributed by atoms with Gasteiger partial charge in [0.05, 0.1) is 10.4 Å². The van der Waals surface area contributed by atoms with Crippen LogP contribution in [-0.2, 0) is 4.79 Å². The van der Waals surface area contributed by atoms with Crippen molar-refractivity contribution in [3.8, 4) is 0 Å². The highest BCUT2D eigenvalue weighted by atomic mass is 35.5. The third kappa shape index (κ3) is 3.14. The summed E-state index contributed by atoms with van der Waals surface area (Å²) >= 11 is 11.8. The van der Waals surface area contributed by atoms with E-state index in [2.05, 4.69) is 4.98 Å². The van der Waals surface area contributed by atoms with Gasteiger partial charge in [0.25, 0.3) is 5.91 Å². The zero-order valence-corrected chi connectivity index (χ0v) is 13.1. The van der Waals surface area contributed by atoms with E-state index < -0.39 is 11.4 Å². The zero-order valence-electron chi connectivity index (χ0n) is 11.6. The van der Waals surface area contributed by atoms with Gasteiger partial charge in [-0.15, -0.1) is 0 Å². The first-order valence-corrected chi connectivity index (χ1v) is 7.50. The maximum Gasteiger partial charge on any atom is 0.311 e. The summed E-state index contributed by atoms with van der Waals surface area (Å²) in [6.07, 6.45) is 1.74. The lowest BCUT2D eigenvalue weighted by molar-refractivity contribution is -0.148. The summed E-state index contributed by atoms with van der Waals surface area (Å²) in [7, 11) is 0. The predicted molar refractivity (Wildman–Crippen MR) is 79.8 cm³/mol. The van der Waals surface area contributed by atoms with Gasteiger partial charge in [0.1, 0.15) is 10.8 Å². The number of rotatable bonds is 4. The van der Waals surface area contributed by atoms with Crippen molar-refractivity contribution in [1.29, 1.82) is 0 Å². The van der Waals surface area contributed by atoms with Crippen molar-refractivity contribution in [2.24, 2.45) is 5.41 Å². The second kappa shape index (κ2) is 6.20. The first kappa shape index (κ1) is 16.0. The van der Waals surface area contributed by atoms with Gasteiger partial charge in [-0.05, 0) is 25.0 Å². The Morgan fingerprint density at radius 1 is 1.43 bits per heavy atom. The number of hydrogen-bond donors (Lipinski definition) is 1. The van der Waals surface area contributed by atoms with Gasteiger partial charge in [-0.3, -0.25) is 9.59 Å². The minimum atomic E-state index is -0.866. The fourth-order valence-corrected chi connectivity index (χ4v) is 3.06. The Balaban J connectivity index is 2.22. The normalized spacial score (nSPS) is 21.6. The van der Waals surface area contributed by atoms with Gasteiger partial charge in [-0.1, -0.05) is 36.5 Å². The molecule has 0 spiro atoms. The van der Waals surface area contributed by atoms with Crippen molar-refractivity contribution < 1.29 is 14.7 Å². The molecule has 0 saturated carbocycles. The Labute approximate surface area is 132 Å². The van der Waals surface area contributed by atoms with Gasteiger partial charge in [-0.2, -0.15) is 0 Å². The molecule has 114 valence electrons. The van der Waals surface area contributed by atoms with E-state index in [1.54, 1.807) is 0 Å². The summed E-state index contributed by atoms with van der Waals surface area (Å²) in [5, 5.41) is 9.86. The molecular weight excluding hydrogens is 315 g/mol. The molecule has 1 aromatic rings. The summed E-state index contributed by atoms with van der Waals surface area (Å²) in [4.78, 5) is 29.4. The van der Waals surface area contributed by atoms with Crippen LogP contribution < -0.4 is 0 Å². The maximum absolute atomic E-state index is 12.5. The molecule has 2 heterocycles. The number of nitrogens with zero attached hydrogens (tertiary/aromatic N) is 2. The molecule has 0 bridgehead atoms. The first-order chi connectivity index (χ1) is 9.89. The number of pyridine rings is 1. The lowest BCUT2D eigenvalue weighted by Gasteiger charge is -2.24. The molecule has 1 aromatic heterocycles. The molecule has 1 atom stereocenters. The molecule has 0 radical (unpaired) electrons. The Bertz CT molecular complexity index is 579. The Hall–Kier alpha value is -1.33. The largest absolute Gasteiger partial charge is 0.481 e. The first-order valence-electron chi connectivity index (χ1n) is 6.74. The Morgan fingerprint density at radius 2 is 2.14 bits per heavy atom. The number of carbonyl (C=O) groups excluding carboxylic acids is 1. The van der Waals surface area contributed by atoms with Crippen LogP contribution in [0, 0.1) is 5.41 Å². The molecule has 0 aliphatic carbocycles. The molecular formula is C14H16Cl2N2O3. The highest BCUT2D eigenvalue weighted by Crippen LogP contribution is 2.36. The lowest BCUT2D eigenvalue weighted by atomic mass is 9.83. The van der Waals surface area contributed by atoms with E-state index in [0.29, 0.717) is 19.4 Å². The summed E-state index contributed by atoms with van der Waals surface area (Å²) in [6, 6.07) is 3.01. The highest BCUT2D eigenvalue weighted by Gasteiger charge is 2.45. The smallest absolute Gasteiger partial charge is 0.311 e. The predicted octanol–water partition coefficient (Wildman–Crippen LogP) is 3.11. The number of hydrogen-bond acceptors (Lipinski definition) is 3. The molecule has 2 rings (SSSR count). The van der Waals surface area contributed by atoms with E-state index in [4.69, 9.17) is 23.2 Å². The minimum Gasteiger partial charge on any atom is -0.481 e. The van der Waals surface area contributed by atoms with Crippen molar-refractivity contribution in [1.82, 2.24) is 9.88 Å². The van der Waals surface area contributed by atoms with Gasteiger partial charge in [0.2, 0.25) is 0 Å². The molecule has 1 N–H and O–H groups in total. The lowest BCUT2D eigenvalue weighted by Crippen LogP contribution is -2.37. The molecule has 1 aliphatic rings. The van der Waals surface area contributed by atoms with Crippen LogP contribution in [0.2, 0.25) is 10.2 Å². The molecule has 7 heteroatoms. The molecule has 1 fully saturated rings. The molecule has 21 heavy (non-hydrogen) atoms. The van der Waals surface area contributed by atoms with Crippen LogP contribution in [0.4, 0.5) is 0 Å². The maximum atomic E-state index is 12.5. The number of carboxylic acid groups (broad SMARTS) is 1. The number of halogens is 2. The van der Waals surface area contributed by atoms with E-state index in [1.807, 2.05) is 6.92 Å². The second-order valence-electron chi connectivity index (χ2n) is 5.28. The summed E-state index contributed by atoms with van der Waals surface area (Å²) < 4.78 is 0. The van der Waals surface area contributed by atoms with Crippen LogP contribution in [0.15, 0.2) is 12.1 Å². The standard InChI is InChI=1S/C14H16Cl2N2O3/c1-2-5-14(13(20)21)6-7-18(8-14)12(19)11-9(15)3-4-10(16)17-11/h3-4H,2,5-8H2,1H3,(H,20,21). The number of carboxylic acids is 1. The average molecular weight is 331 g/mol. The van der Waals surface area contributed by atoms with E-state index in [9.17, 15) is 14.7 Å². The molecule has 1 amide bonds. The number of carbonyl (C=O) groups is 2. The SMILES string of the molecule is CCCC1(C(=O)O)CCN(C(=O)c2nc(Cl)ccc2Cl)C1. The van der Waals surface area contributed by atoms with Gasteiger partial charge >= 0.3 is 5.97 Å². The number of aromatic nitrogens is 1. The molecule has 5 nitrogen and oxygen atoms in total. The van der Waals surface area contributed by atoms with Gasteiger partial charge in [-0.25, -0.2) is 4.98 Å². The van der Waals surface area contributed by atoms with Crippen molar-refractivity contribution in [2.45, 2.75) is 26.2 Å². The van der Waals surface area contributed by atoms with Crippen LogP contribution in [0.1, 0.15) is 36.7 Å². The fourth-order valence-electron chi connectivity index (χ4n) is 2.73. The van der Waals surface area contributed by atoms with Crippen molar-refractivity contribution in [3.05, 3.63) is 28.0 Å². The van der Waals surface area contributed by atoms with Crippen molar-refractivity contribution >= 4 is 35.1 Å². The van der Waals surface area contributed by atoms with Gasteiger partial charge in [0.15, 0.2) is 0 Å². The van der Waals surface area contributed by atoms with Crippen LogP contribution in [0.25, 0.3) is 0 Å². The quantitative estimate of drug-likeness (QED) is 0.861. The summed E-state index contributed by atoms with van der Waals surface area (Å²) in [5.74, 6) is -1.23. The summed E-state index contributed by atoms with van der Waals surface area (Å²) in [6.45, 7) is 2.50. The monoisotopic (exact) mass is 330 g/mol. The molecule has 0 aromatic carbocycles. The number of amides is 1. The van der Waals surface area contributed by atoms with Crippen LogP contribution in [0.5, 0.6) is 0 Å². The van der Waals surface area contributed by atoms with Gasteiger partial charge in [0, 0.05) is 13.1 Å². The molecule has 1 aliphatic heterocycles. The highest BCUT2D eigenvalue weighted by molar-refractivity contribution is 6.34. The topological polar surface area (TPSA) is 70.5 Å². The molecule has 1 unspecified atom stereocenters. The molecule has 1 saturated heterocycles. The average Bonchev–Trinajstić information content (AvgIpc) is 2.87. The number of aliphatic carboxylic acids is 1. The van der Waals surface area contributed by atoms with E-state index in [-0.39, 0.29) is 28.3 Å². The van der Waals surface area contributed by atoms with Crippen LogP contribution in [0.3, 0.4) is 0 Å². The minimum absolute atomic E-state index is 0.0712. The van der Waals surface area contributed by atoms with Crippen LogP contribution >= 0.6 is 23.2 Å². The second-order valence-corrected chi connectivity index (χ2v) is 6.07. The third-order valence-electron chi connectivity index (χ3n) is 3.84. The zero-order chi connectivity index (χ0) is 15.6. The van der Waals surface area contributed by atoms with Crippen LogP contribution in [-0.4, -0.2) is 40.0 Å². The van der Waals surface area contributed by atoms with Crippen molar-refractivity contribution in [3.63, 3.8) is 0 Å². The Morgan fingerprint density at radius 3 is 2.76 bits per heavy atom. The third-order valence-corrected chi connectivity index (χ3v) is 4.35.